The molecule has 0 aliphatic carbocycles. The van der Waals surface area contributed by atoms with E-state index in [2.05, 4.69) is 32.1 Å². The molecule has 3 heterocycles. The number of rotatable bonds is 7. The Morgan fingerprint density at radius 2 is 1.76 bits per heavy atom. The van der Waals surface area contributed by atoms with E-state index in [1.807, 2.05) is 13.1 Å². The van der Waals surface area contributed by atoms with Crippen molar-refractivity contribution in [3.05, 3.63) is 46.5 Å². The van der Waals surface area contributed by atoms with E-state index >= 15 is 0 Å². The van der Waals surface area contributed by atoms with Crippen LogP contribution in [-0.2, 0) is 0 Å². The van der Waals surface area contributed by atoms with Crippen LogP contribution < -0.4 is 10.2 Å². The van der Waals surface area contributed by atoms with Crippen LogP contribution in [0.2, 0.25) is 0 Å². The fraction of sp³-hybridized carbons (Fsp3) is 0.348. The van der Waals surface area contributed by atoms with Crippen molar-refractivity contribution in [2.45, 2.75) is 25.8 Å². The molecule has 3 aromatic rings. The summed E-state index contributed by atoms with van der Waals surface area (Å²) in [4.78, 5) is 40.8. The Bertz CT molecular complexity index is 1200. The Morgan fingerprint density at radius 1 is 1.09 bits per heavy atom. The lowest BCUT2D eigenvalue weighted by atomic mass is 10.0. The van der Waals surface area contributed by atoms with E-state index in [4.69, 9.17) is 4.98 Å². The number of hydrogen-bond acceptors (Lipinski definition) is 9. The summed E-state index contributed by atoms with van der Waals surface area (Å²) in [6.07, 6.45) is 2.02. The van der Waals surface area contributed by atoms with E-state index in [-0.39, 0.29) is 10.4 Å². The Kier molecular flexibility index (Phi) is 6.75. The van der Waals surface area contributed by atoms with Gasteiger partial charge in [-0.15, -0.1) is 0 Å². The van der Waals surface area contributed by atoms with Crippen molar-refractivity contribution in [3.8, 4) is 11.3 Å². The molecular formula is C23H26N6O4S. The van der Waals surface area contributed by atoms with Gasteiger partial charge >= 0.3 is 11.9 Å². The molecule has 0 amide bonds. The van der Waals surface area contributed by atoms with Crippen molar-refractivity contribution in [2.75, 3.05) is 37.4 Å². The fourth-order valence-corrected chi connectivity index (χ4v) is 4.71. The van der Waals surface area contributed by atoms with Crippen LogP contribution in [0.3, 0.4) is 0 Å². The van der Waals surface area contributed by atoms with Crippen LogP contribution in [0.4, 0.5) is 16.9 Å². The van der Waals surface area contributed by atoms with Gasteiger partial charge in [-0.1, -0.05) is 23.5 Å². The van der Waals surface area contributed by atoms with Crippen molar-refractivity contribution >= 4 is 40.2 Å². The molecule has 1 saturated heterocycles. The second-order valence-electron chi connectivity index (χ2n) is 8.33. The van der Waals surface area contributed by atoms with Gasteiger partial charge in [0.05, 0.1) is 17.0 Å². The third kappa shape index (κ3) is 5.15. The number of piperidine rings is 1. The number of carboxylic acids is 2. The second-order valence-corrected chi connectivity index (χ2v) is 9.33. The molecule has 2 aromatic heterocycles. The number of benzene rings is 1. The highest BCUT2D eigenvalue weighted by Gasteiger charge is 2.23. The van der Waals surface area contributed by atoms with Gasteiger partial charge in [-0.05, 0) is 52.0 Å². The lowest BCUT2D eigenvalue weighted by molar-refractivity contribution is 0.0688. The smallest absolute Gasteiger partial charge is 0.347 e. The zero-order valence-corrected chi connectivity index (χ0v) is 20.0. The van der Waals surface area contributed by atoms with Crippen molar-refractivity contribution in [2.24, 2.45) is 0 Å². The molecule has 0 unspecified atom stereocenters. The largest absolute Gasteiger partial charge is 0.478 e. The topological polar surface area (TPSA) is 132 Å². The van der Waals surface area contributed by atoms with E-state index in [9.17, 15) is 19.8 Å². The Labute approximate surface area is 200 Å². The number of aromatic carboxylic acids is 2. The molecule has 0 atom stereocenters. The van der Waals surface area contributed by atoms with Crippen LogP contribution in [0.25, 0.3) is 11.3 Å². The van der Waals surface area contributed by atoms with Gasteiger partial charge in [0.1, 0.15) is 10.7 Å². The minimum Gasteiger partial charge on any atom is -0.478 e. The third-order valence-electron chi connectivity index (χ3n) is 5.95. The van der Waals surface area contributed by atoms with Gasteiger partial charge in [0.2, 0.25) is 5.95 Å². The molecule has 3 N–H and O–H groups in total. The van der Waals surface area contributed by atoms with Crippen LogP contribution in [0.5, 0.6) is 0 Å². The summed E-state index contributed by atoms with van der Waals surface area (Å²) < 4.78 is 0. The minimum absolute atomic E-state index is 0.159. The van der Waals surface area contributed by atoms with Gasteiger partial charge in [0.15, 0.2) is 5.13 Å². The maximum Gasteiger partial charge on any atom is 0.347 e. The number of thiazole rings is 1. The molecule has 1 aromatic carbocycles. The number of nitrogens with one attached hydrogen (secondary N) is 1. The van der Waals surface area contributed by atoms with E-state index in [0.717, 1.165) is 48.6 Å². The molecule has 1 aliphatic rings. The number of aromatic nitrogens is 3. The van der Waals surface area contributed by atoms with Crippen molar-refractivity contribution in [1.29, 1.82) is 0 Å². The lowest BCUT2D eigenvalue weighted by Gasteiger charge is -2.35. The molecule has 1 fully saturated rings. The molecular weight excluding hydrogens is 456 g/mol. The van der Waals surface area contributed by atoms with E-state index in [1.54, 1.807) is 19.1 Å². The first-order valence-corrected chi connectivity index (χ1v) is 11.6. The first-order chi connectivity index (χ1) is 16.2. The Hall–Kier alpha value is -3.57. The average molecular weight is 483 g/mol. The number of anilines is 3. The lowest BCUT2D eigenvalue weighted by Crippen LogP contribution is -2.42. The molecule has 178 valence electrons. The summed E-state index contributed by atoms with van der Waals surface area (Å²) in [5, 5.41) is 22.0. The predicted molar refractivity (Wildman–Crippen MR) is 130 cm³/mol. The molecule has 34 heavy (non-hydrogen) atoms. The molecule has 0 bridgehead atoms. The number of likely N-dealkylation sites (tertiary alicyclic amines) is 1. The van der Waals surface area contributed by atoms with E-state index < -0.39 is 11.9 Å². The summed E-state index contributed by atoms with van der Waals surface area (Å²) >= 11 is 1.03. The molecule has 10 nitrogen and oxygen atoms in total. The second kappa shape index (κ2) is 9.74. The maximum absolute atomic E-state index is 11.4. The highest BCUT2D eigenvalue weighted by molar-refractivity contribution is 7.17. The van der Waals surface area contributed by atoms with Crippen molar-refractivity contribution < 1.29 is 19.8 Å². The monoisotopic (exact) mass is 482 g/mol. The SMILES string of the molecule is Cc1nc(Nc2nc(-c3ccc(C(=O)O)cc3)cc(N(C)C3CCN(C)CC3)n2)sc1C(=O)O. The van der Waals surface area contributed by atoms with E-state index in [1.165, 1.54) is 12.1 Å². The minimum atomic E-state index is -1.03. The van der Waals surface area contributed by atoms with Crippen LogP contribution in [0.1, 0.15) is 38.6 Å². The van der Waals surface area contributed by atoms with Crippen LogP contribution in [0, 0.1) is 6.92 Å². The van der Waals surface area contributed by atoms with Gasteiger partial charge in [-0.3, -0.25) is 5.32 Å². The molecule has 0 spiro atoms. The third-order valence-corrected chi connectivity index (χ3v) is 7.01. The highest BCUT2D eigenvalue weighted by Crippen LogP contribution is 2.29. The molecule has 11 heteroatoms. The van der Waals surface area contributed by atoms with Crippen LogP contribution in [0.15, 0.2) is 30.3 Å². The average Bonchev–Trinajstić information content (AvgIpc) is 3.19. The zero-order valence-electron chi connectivity index (χ0n) is 19.1. The van der Waals surface area contributed by atoms with Crippen molar-refractivity contribution in [1.82, 2.24) is 19.9 Å². The maximum atomic E-state index is 11.4. The van der Waals surface area contributed by atoms with Crippen molar-refractivity contribution in [3.63, 3.8) is 0 Å². The number of aryl methyl sites for hydroxylation is 1. The van der Waals surface area contributed by atoms with Crippen LogP contribution in [-0.4, -0.2) is 75.2 Å². The highest BCUT2D eigenvalue weighted by atomic mass is 32.1. The number of carboxylic acid groups (broad SMARTS) is 2. The normalized spacial score (nSPS) is 14.7. The fourth-order valence-electron chi connectivity index (χ4n) is 3.92. The molecule has 1 aliphatic heterocycles. The van der Waals surface area contributed by atoms with Crippen LogP contribution >= 0.6 is 11.3 Å². The van der Waals surface area contributed by atoms with Gasteiger partial charge in [0, 0.05) is 24.7 Å². The molecule has 0 saturated carbocycles. The summed E-state index contributed by atoms with van der Waals surface area (Å²) in [6, 6.07) is 8.71. The van der Waals surface area contributed by atoms with Gasteiger partial charge in [-0.25, -0.2) is 19.6 Å². The molecule has 4 rings (SSSR count). The summed E-state index contributed by atoms with van der Waals surface area (Å²) in [5.74, 6) is -1.01. The standard InChI is InChI=1S/C23H26N6O4S/c1-13-19(21(32)33)34-23(24-13)27-22-25-17(14-4-6-15(7-5-14)20(30)31)12-18(26-22)29(3)16-8-10-28(2)11-9-16/h4-7,12,16H,8-11H2,1-3H3,(H,30,31)(H,32,33)(H,24,25,26,27). The summed E-state index contributed by atoms with van der Waals surface area (Å²) in [7, 11) is 4.12. The van der Waals surface area contributed by atoms with Gasteiger partial charge < -0.3 is 20.0 Å². The number of nitrogens with zero attached hydrogens (tertiary/aromatic N) is 5. The number of carbonyl (C=O) groups is 2. The number of hydrogen-bond donors (Lipinski definition) is 3. The Balaban J connectivity index is 1.70. The first kappa shape index (κ1) is 23.6. The predicted octanol–water partition coefficient (Wildman–Crippen LogP) is 3.58. The summed E-state index contributed by atoms with van der Waals surface area (Å²) in [5.41, 5.74) is 1.98. The first-order valence-electron chi connectivity index (χ1n) is 10.8. The molecule has 0 radical (unpaired) electrons. The summed E-state index contributed by atoms with van der Waals surface area (Å²) in [6.45, 7) is 3.65. The Morgan fingerprint density at radius 3 is 2.35 bits per heavy atom. The quantitative estimate of drug-likeness (QED) is 0.459. The van der Waals surface area contributed by atoms with E-state index in [0.29, 0.717) is 28.5 Å². The van der Waals surface area contributed by atoms with Gasteiger partial charge in [0.25, 0.3) is 0 Å². The van der Waals surface area contributed by atoms with Gasteiger partial charge in [-0.2, -0.15) is 4.98 Å². The zero-order chi connectivity index (χ0) is 24.4.